The number of hydrogen-bond acceptors (Lipinski definition) is 1. The summed E-state index contributed by atoms with van der Waals surface area (Å²) in [5.41, 5.74) is 1.17. The van der Waals surface area contributed by atoms with Crippen LogP contribution in [0.15, 0.2) is 30.4 Å². The molecule has 18 heavy (non-hydrogen) atoms. The average molecular weight is 282 g/mol. The van der Waals surface area contributed by atoms with Gasteiger partial charge in [0.25, 0.3) is 0 Å². The van der Waals surface area contributed by atoms with Crippen LogP contribution in [0.1, 0.15) is 18.4 Å². The zero-order valence-corrected chi connectivity index (χ0v) is 11.7. The molecule has 0 saturated heterocycles. The molecule has 0 spiro atoms. The molecule has 1 saturated carbocycles. The van der Waals surface area contributed by atoms with Crippen LogP contribution in [0.3, 0.4) is 0 Å². The molecule has 1 aromatic carbocycles. The van der Waals surface area contributed by atoms with Crippen molar-refractivity contribution in [2.75, 3.05) is 6.54 Å². The molecular formula is C15H17Cl2N. The third-order valence-electron chi connectivity index (χ3n) is 4.18. The molecule has 0 heterocycles. The lowest BCUT2D eigenvalue weighted by Gasteiger charge is -2.40. The zero-order chi connectivity index (χ0) is 12.5. The maximum atomic E-state index is 6.16. The van der Waals surface area contributed by atoms with E-state index in [1.807, 2.05) is 18.2 Å². The van der Waals surface area contributed by atoms with Crippen molar-refractivity contribution in [2.45, 2.75) is 25.3 Å². The Balaban J connectivity index is 1.48. The quantitative estimate of drug-likeness (QED) is 0.820. The highest BCUT2D eigenvalue weighted by Gasteiger charge is 2.40. The van der Waals surface area contributed by atoms with Gasteiger partial charge >= 0.3 is 0 Å². The number of halogens is 2. The molecular weight excluding hydrogens is 265 g/mol. The first-order chi connectivity index (χ1) is 8.74. The standard InChI is InChI=1S/C15H17Cl2N/c16-12-5-4-10(14(17)9-12)6-7-18-15-8-11-2-1-3-13(11)15/h1,3-5,9,11,13,15,18H,2,6-8H2. The monoisotopic (exact) mass is 281 g/mol. The highest BCUT2D eigenvalue weighted by Crippen LogP contribution is 2.42. The minimum atomic E-state index is 0.680. The van der Waals surface area contributed by atoms with Gasteiger partial charge in [-0.3, -0.25) is 0 Å². The van der Waals surface area contributed by atoms with Crippen LogP contribution >= 0.6 is 23.2 Å². The molecule has 96 valence electrons. The zero-order valence-electron chi connectivity index (χ0n) is 10.2. The normalized spacial score (nSPS) is 29.1. The van der Waals surface area contributed by atoms with Gasteiger partial charge in [0.1, 0.15) is 0 Å². The van der Waals surface area contributed by atoms with Gasteiger partial charge < -0.3 is 5.32 Å². The Labute approximate surface area is 118 Å². The van der Waals surface area contributed by atoms with Crippen molar-refractivity contribution in [3.05, 3.63) is 46.0 Å². The molecule has 0 aliphatic heterocycles. The maximum absolute atomic E-state index is 6.16. The van der Waals surface area contributed by atoms with Gasteiger partial charge in [0.15, 0.2) is 0 Å². The topological polar surface area (TPSA) is 12.0 Å². The molecule has 0 amide bonds. The van der Waals surface area contributed by atoms with Crippen LogP contribution in [0.25, 0.3) is 0 Å². The fourth-order valence-electron chi connectivity index (χ4n) is 3.06. The predicted octanol–water partition coefficient (Wildman–Crippen LogP) is 4.09. The lowest BCUT2D eigenvalue weighted by atomic mass is 9.71. The van der Waals surface area contributed by atoms with Crippen LogP contribution in [0.4, 0.5) is 0 Å². The number of hydrogen-bond donors (Lipinski definition) is 1. The molecule has 3 atom stereocenters. The van der Waals surface area contributed by atoms with Crippen LogP contribution in [0, 0.1) is 11.8 Å². The second kappa shape index (κ2) is 5.24. The fraction of sp³-hybridized carbons (Fsp3) is 0.467. The van der Waals surface area contributed by atoms with E-state index in [0.717, 1.165) is 29.8 Å². The summed E-state index contributed by atoms with van der Waals surface area (Å²) in [7, 11) is 0. The Morgan fingerprint density at radius 3 is 2.94 bits per heavy atom. The first kappa shape index (κ1) is 12.5. The molecule has 1 nitrogen and oxygen atoms in total. The van der Waals surface area contributed by atoms with Crippen LogP contribution in [-0.4, -0.2) is 12.6 Å². The summed E-state index contributed by atoms with van der Waals surface area (Å²) < 4.78 is 0. The van der Waals surface area contributed by atoms with Gasteiger partial charge in [-0.2, -0.15) is 0 Å². The summed E-state index contributed by atoms with van der Waals surface area (Å²) in [6.45, 7) is 0.989. The largest absolute Gasteiger partial charge is 0.313 e. The molecule has 3 rings (SSSR count). The van der Waals surface area contributed by atoms with Crippen molar-refractivity contribution in [3.63, 3.8) is 0 Å². The Morgan fingerprint density at radius 1 is 1.28 bits per heavy atom. The summed E-state index contributed by atoms with van der Waals surface area (Å²) in [6.07, 6.45) is 8.28. The Bertz CT molecular complexity index is 470. The van der Waals surface area contributed by atoms with Gasteiger partial charge in [0.05, 0.1) is 0 Å². The summed E-state index contributed by atoms with van der Waals surface area (Å²) in [4.78, 5) is 0. The smallest absolute Gasteiger partial charge is 0.0453 e. The lowest BCUT2D eigenvalue weighted by Crippen LogP contribution is -2.48. The minimum absolute atomic E-state index is 0.680. The van der Waals surface area contributed by atoms with Gasteiger partial charge in [-0.25, -0.2) is 0 Å². The Kier molecular flexibility index (Phi) is 3.65. The van der Waals surface area contributed by atoms with E-state index in [-0.39, 0.29) is 0 Å². The van der Waals surface area contributed by atoms with Gasteiger partial charge in [-0.05, 0) is 55.3 Å². The highest BCUT2D eigenvalue weighted by atomic mass is 35.5. The molecule has 2 aliphatic rings. The number of allylic oxidation sites excluding steroid dienone is 1. The molecule has 3 heteroatoms. The third kappa shape index (κ3) is 2.45. The highest BCUT2D eigenvalue weighted by molar-refractivity contribution is 6.35. The number of nitrogens with one attached hydrogen (secondary N) is 1. The van der Waals surface area contributed by atoms with Crippen molar-refractivity contribution >= 4 is 23.2 Å². The van der Waals surface area contributed by atoms with Crippen LogP contribution in [0.2, 0.25) is 10.0 Å². The molecule has 0 aromatic heterocycles. The van der Waals surface area contributed by atoms with Crippen molar-refractivity contribution in [3.8, 4) is 0 Å². The van der Waals surface area contributed by atoms with E-state index in [1.165, 1.54) is 18.4 Å². The van der Waals surface area contributed by atoms with Crippen LogP contribution < -0.4 is 5.32 Å². The summed E-state index contributed by atoms with van der Waals surface area (Å²) in [6, 6.07) is 6.42. The van der Waals surface area contributed by atoms with E-state index in [2.05, 4.69) is 17.5 Å². The number of fused-ring (bicyclic) bond motifs is 1. The van der Waals surface area contributed by atoms with Gasteiger partial charge in [-0.1, -0.05) is 41.4 Å². The predicted molar refractivity (Wildman–Crippen MR) is 77.3 cm³/mol. The van der Waals surface area contributed by atoms with Crippen molar-refractivity contribution in [2.24, 2.45) is 11.8 Å². The first-order valence-corrected chi connectivity index (χ1v) is 7.33. The van der Waals surface area contributed by atoms with Gasteiger partial charge in [-0.15, -0.1) is 0 Å². The van der Waals surface area contributed by atoms with E-state index in [9.17, 15) is 0 Å². The van der Waals surface area contributed by atoms with E-state index < -0.39 is 0 Å². The van der Waals surface area contributed by atoms with Crippen LogP contribution in [-0.2, 0) is 6.42 Å². The van der Waals surface area contributed by atoms with Crippen molar-refractivity contribution in [1.82, 2.24) is 5.32 Å². The van der Waals surface area contributed by atoms with E-state index in [4.69, 9.17) is 23.2 Å². The summed E-state index contributed by atoms with van der Waals surface area (Å²) >= 11 is 12.0. The van der Waals surface area contributed by atoms with Gasteiger partial charge in [0, 0.05) is 16.1 Å². The molecule has 1 aromatic rings. The van der Waals surface area contributed by atoms with Gasteiger partial charge in [0.2, 0.25) is 0 Å². The fourth-order valence-corrected chi connectivity index (χ4v) is 3.57. The molecule has 0 bridgehead atoms. The van der Waals surface area contributed by atoms with E-state index >= 15 is 0 Å². The second-order valence-corrected chi connectivity index (χ2v) is 6.13. The SMILES string of the molecule is Clc1ccc(CCNC2CC3CC=CC32)c(Cl)c1. The lowest BCUT2D eigenvalue weighted by molar-refractivity contribution is 0.164. The molecule has 2 aliphatic carbocycles. The summed E-state index contributed by atoms with van der Waals surface area (Å²) in [5.74, 6) is 1.70. The summed E-state index contributed by atoms with van der Waals surface area (Å²) in [5, 5.41) is 5.12. The first-order valence-electron chi connectivity index (χ1n) is 6.58. The third-order valence-corrected chi connectivity index (χ3v) is 4.77. The maximum Gasteiger partial charge on any atom is 0.0453 e. The van der Waals surface area contributed by atoms with E-state index in [1.54, 1.807) is 0 Å². The van der Waals surface area contributed by atoms with Crippen molar-refractivity contribution < 1.29 is 0 Å². The van der Waals surface area contributed by atoms with Crippen LogP contribution in [0.5, 0.6) is 0 Å². The Morgan fingerprint density at radius 2 is 2.17 bits per heavy atom. The van der Waals surface area contributed by atoms with Crippen molar-refractivity contribution in [1.29, 1.82) is 0 Å². The molecule has 1 N–H and O–H groups in total. The second-order valence-electron chi connectivity index (χ2n) is 5.28. The molecule has 0 radical (unpaired) electrons. The van der Waals surface area contributed by atoms with E-state index in [0.29, 0.717) is 11.1 Å². The minimum Gasteiger partial charge on any atom is -0.313 e. The average Bonchev–Trinajstić information content (AvgIpc) is 2.68. The number of benzene rings is 1. The molecule has 3 unspecified atom stereocenters. The number of rotatable bonds is 4. The molecule has 1 fully saturated rings. The Hall–Kier alpha value is -0.500.